The minimum absolute atomic E-state index is 0.191. The summed E-state index contributed by atoms with van der Waals surface area (Å²) < 4.78 is 31.0. The third-order valence-electron chi connectivity index (χ3n) is 3.14. The molecule has 2 fully saturated rings. The van der Waals surface area contributed by atoms with Crippen molar-refractivity contribution in [1.29, 1.82) is 0 Å². The van der Waals surface area contributed by atoms with E-state index in [1.54, 1.807) is 11.2 Å². The maximum atomic E-state index is 12.0. The molecule has 1 aliphatic carbocycles. The molecule has 15 heavy (non-hydrogen) atoms. The summed E-state index contributed by atoms with van der Waals surface area (Å²) in [6, 6.07) is 0.481. The van der Waals surface area contributed by atoms with Gasteiger partial charge in [-0.2, -0.15) is 4.31 Å². The Balaban J connectivity index is 2.11. The molecule has 0 amide bonds. The summed E-state index contributed by atoms with van der Waals surface area (Å²) in [5.74, 6) is 0.223. The van der Waals surface area contributed by atoms with E-state index in [1.165, 1.54) is 0 Å². The lowest BCUT2D eigenvalue weighted by atomic mass is 10.1. The van der Waals surface area contributed by atoms with Gasteiger partial charge in [-0.25, -0.2) is 8.42 Å². The highest BCUT2D eigenvalue weighted by Gasteiger charge is 2.41. The van der Waals surface area contributed by atoms with E-state index in [9.17, 15) is 8.42 Å². The van der Waals surface area contributed by atoms with E-state index in [4.69, 9.17) is 4.74 Å². The lowest BCUT2D eigenvalue weighted by molar-refractivity contribution is 0.0569. The van der Waals surface area contributed by atoms with Gasteiger partial charge in [0.25, 0.3) is 0 Å². The fourth-order valence-electron chi connectivity index (χ4n) is 2.17. The van der Waals surface area contributed by atoms with Crippen molar-refractivity contribution < 1.29 is 13.2 Å². The second kappa shape index (κ2) is 4.39. The van der Waals surface area contributed by atoms with Crippen LogP contribution >= 0.6 is 0 Å². The Morgan fingerprint density at radius 3 is 2.13 bits per heavy atom. The number of hydrogen-bond donors (Lipinski definition) is 0. The van der Waals surface area contributed by atoms with E-state index in [2.05, 4.69) is 0 Å². The number of hydrogen-bond acceptors (Lipinski definition) is 3. The molecule has 1 heterocycles. The second-order valence-electron chi connectivity index (χ2n) is 4.31. The van der Waals surface area contributed by atoms with Crippen LogP contribution in [0.2, 0.25) is 0 Å². The van der Waals surface area contributed by atoms with Gasteiger partial charge in [0.1, 0.15) is 0 Å². The summed E-state index contributed by atoms with van der Waals surface area (Å²) in [6.07, 6.45) is 3.79. The summed E-state index contributed by atoms with van der Waals surface area (Å²) in [5.41, 5.74) is 0. The van der Waals surface area contributed by atoms with Crippen LogP contribution < -0.4 is 0 Å². The lowest BCUT2D eigenvalue weighted by Crippen LogP contribution is -2.45. The summed E-state index contributed by atoms with van der Waals surface area (Å²) >= 11 is 0. The van der Waals surface area contributed by atoms with Crippen LogP contribution in [0.3, 0.4) is 0 Å². The first kappa shape index (κ1) is 11.4. The summed E-state index contributed by atoms with van der Waals surface area (Å²) in [7, 11) is -3.02. The third-order valence-corrected chi connectivity index (χ3v) is 5.11. The Kier molecular flexibility index (Phi) is 3.33. The summed E-state index contributed by atoms with van der Waals surface area (Å²) in [5, 5.41) is 0. The van der Waals surface area contributed by atoms with Crippen molar-refractivity contribution in [2.75, 3.05) is 19.0 Å². The molecule has 4 nitrogen and oxygen atoms in total. The lowest BCUT2D eigenvalue weighted by Gasteiger charge is -2.33. The number of sulfonamides is 1. The molecular weight excluding hydrogens is 214 g/mol. The Labute approximate surface area is 91.6 Å². The second-order valence-corrected chi connectivity index (χ2v) is 6.47. The maximum Gasteiger partial charge on any atom is 0.214 e. The first-order valence-corrected chi connectivity index (χ1v) is 7.35. The first-order valence-electron chi connectivity index (χ1n) is 5.74. The minimum atomic E-state index is -3.02. The van der Waals surface area contributed by atoms with E-state index in [0.717, 1.165) is 25.7 Å². The molecule has 88 valence electrons. The SMILES string of the molecule is CCS(=O)(=O)N(C1CCOCC1)C1CC1. The van der Waals surface area contributed by atoms with Gasteiger partial charge in [0.05, 0.1) is 5.75 Å². The van der Waals surface area contributed by atoms with Crippen LogP contribution in [0.1, 0.15) is 32.6 Å². The van der Waals surface area contributed by atoms with Gasteiger partial charge in [-0.1, -0.05) is 0 Å². The van der Waals surface area contributed by atoms with Crippen LogP contribution in [-0.2, 0) is 14.8 Å². The van der Waals surface area contributed by atoms with Crippen LogP contribution in [0.15, 0.2) is 0 Å². The fraction of sp³-hybridized carbons (Fsp3) is 1.00. The largest absolute Gasteiger partial charge is 0.381 e. The van der Waals surface area contributed by atoms with Gasteiger partial charge in [-0.15, -0.1) is 0 Å². The maximum absolute atomic E-state index is 12.0. The van der Waals surface area contributed by atoms with Gasteiger partial charge in [-0.05, 0) is 32.6 Å². The highest BCUT2D eigenvalue weighted by atomic mass is 32.2. The quantitative estimate of drug-likeness (QED) is 0.727. The molecule has 1 saturated carbocycles. The molecule has 0 atom stereocenters. The highest BCUT2D eigenvalue weighted by Crippen LogP contribution is 2.34. The molecule has 1 aliphatic heterocycles. The zero-order valence-corrected chi connectivity index (χ0v) is 10.0. The summed E-state index contributed by atoms with van der Waals surface area (Å²) in [6.45, 7) is 3.13. The Morgan fingerprint density at radius 2 is 1.67 bits per heavy atom. The van der Waals surface area contributed by atoms with Crippen LogP contribution in [0.25, 0.3) is 0 Å². The molecule has 0 unspecified atom stereocenters. The smallest absolute Gasteiger partial charge is 0.214 e. The van der Waals surface area contributed by atoms with Crippen LogP contribution in [0.4, 0.5) is 0 Å². The van der Waals surface area contributed by atoms with E-state index in [1.807, 2.05) is 0 Å². The molecule has 0 aromatic rings. The van der Waals surface area contributed by atoms with Crippen LogP contribution in [0, 0.1) is 0 Å². The van der Waals surface area contributed by atoms with Crippen molar-refractivity contribution in [3.05, 3.63) is 0 Å². The number of ether oxygens (including phenoxy) is 1. The van der Waals surface area contributed by atoms with Crippen molar-refractivity contribution in [1.82, 2.24) is 4.31 Å². The van der Waals surface area contributed by atoms with Gasteiger partial charge >= 0.3 is 0 Å². The first-order chi connectivity index (χ1) is 7.15. The topological polar surface area (TPSA) is 46.6 Å². The monoisotopic (exact) mass is 233 g/mol. The minimum Gasteiger partial charge on any atom is -0.381 e. The van der Waals surface area contributed by atoms with E-state index in [0.29, 0.717) is 13.2 Å². The molecule has 0 aromatic carbocycles. The molecule has 2 aliphatic rings. The van der Waals surface area contributed by atoms with Crippen molar-refractivity contribution in [3.63, 3.8) is 0 Å². The highest BCUT2D eigenvalue weighted by molar-refractivity contribution is 7.89. The normalized spacial score (nSPS) is 24.7. The van der Waals surface area contributed by atoms with Crippen LogP contribution in [0.5, 0.6) is 0 Å². The molecule has 1 saturated heterocycles. The third kappa shape index (κ3) is 2.52. The van der Waals surface area contributed by atoms with Gasteiger partial charge < -0.3 is 4.74 Å². The predicted molar refractivity (Wildman–Crippen MR) is 58.2 cm³/mol. The molecule has 5 heteroatoms. The van der Waals surface area contributed by atoms with Gasteiger partial charge in [0.15, 0.2) is 0 Å². The zero-order valence-electron chi connectivity index (χ0n) is 9.18. The Morgan fingerprint density at radius 1 is 1.13 bits per heavy atom. The zero-order chi connectivity index (χ0) is 10.9. The molecule has 2 rings (SSSR count). The molecule has 0 bridgehead atoms. The van der Waals surface area contributed by atoms with E-state index < -0.39 is 10.0 Å². The van der Waals surface area contributed by atoms with Gasteiger partial charge in [0.2, 0.25) is 10.0 Å². The average Bonchev–Trinajstić information content (AvgIpc) is 3.04. The fourth-order valence-corrected chi connectivity index (χ4v) is 3.80. The van der Waals surface area contributed by atoms with Gasteiger partial charge in [0, 0.05) is 25.3 Å². The average molecular weight is 233 g/mol. The molecule has 0 radical (unpaired) electrons. The van der Waals surface area contributed by atoms with Crippen LogP contribution in [-0.4, -0.2) is 43.8 Å². The van der Waals surface area contributed by atoms with E-state index >= 15 is 0 Å². The number of nitrogens with zero attached hydrogens (tertiary/aromatic N) is 1. The Bertz CT molecular complexity index is 305. The van der Waals surface area contributed by atoms with Crippen molar-refractivity contribution in [2.24, 2.45) is 0 Å². The summed E-state index contributed by atoms with van der Waals surface area (Å²) in [4.78, 5) is 0. The van der Waals surface area contributed by atoms with Crippen molar-refractivity contribution in [2.45, 2.75) is 44.7 Å². The number of rotatable bonds is 4. The standard InChI is InChI=1S/C10H19NO3S/c1-2-15(12,13)11(9-3-4-9)10-5-7-14-8-6-10/h9-10H,2-8H2,1H3. The predicted octanol–water partition coefficient (Wildman–Crippen LogP) is 0.980. The molecule has 0 aromatic heterocycles. The molecule has 0 N–H and O–H groups in total. The molecular formula is C10H19NO3S. The van der Waals surface area contributed by atoms with Crippen molar-refractivity contribution >= 4 is 10.0 Å². The molecule has 0 spiro atoms. The van der Waals surface area contributed by atoms with Crippen molar-refractivity contribution in [3.8, 4) is 0 Å². The van der Waals surface area contributed by atoms with Gasteiger partial charge in [-0.3, -0.25) is 0 Å². The Hall–Kier alpha value is -0.130. The van der Waals surface area contributed by atoms with E-state index in [-0.39, 0.29) is 17.8 Å².